The third-order valence-electron chi connectivity index (χ3n) is 3.41. The average Bonchev–Trinajstić information content (AvgIpc) is 2.64. The number of rotatable bonds is 7. The summed E-state index contributed by atoms with van der Waals surface area (Å²) in [7, 11) is 0. The normalized spacial score (nSPS) is 10.7. The van der Waals surface area contributed by atoms with Crippen molar-refractivity contribution in [2.45, 2.75) is 6.42 Å². The molecular formula is C18H15ClN4O3. The second-order valence-corrected chi connectivity index (χ2v) is 5.64. The van der Waals surface area contributed by atoms with Crippen molar-refractivity contribution in [3.05, 3.63) is 81.0 Å². The second-order valence-electron chi connectivity index (χ2n) is 5.24. The second kappa shape index (κ2) is 9.20. The van der Waals surface area contributed by atoms with Crippen LogP contribution in [0.25, 0.3) is 0 Å². The van der Waals surface area contributed by atoms with Crippen molar-refractivity contribution in [1.82, 2.24) is 5.32 Å². The molecule has 0 aliphatic carbocycles. The predicted octanol–water partition coefficient (Wildman–Crippen LogP) is 3.43. The van der Waals surface area contributed by atoms with Gasteiger partial charge in [0.2, 0.25) is 0 Å². The summed E-state index contributed by atoms with van der Waals surface area (Å²) in [4.78, 5) is 22.4. The van der Waals surface area contributed by atoms with Crippen LogP contribution in [0.2, 0.25) is 5.02 Å². The van der Waals surface area contributed by atoms with Gasteiger partial charge in [-0.2, -0.15) is 5.26 Å². The number of benzene rings is 2. The van der Waals surface area contributed by atoms with E-state index in [9.17, 15) is 14.9 Å². The van der Waals surface area contributed by atoms with Gasteiger partial charge in [-0.3, -0.25) is 14.9 Å². The molecule has 7 nitrogen and oxygen atoms in total. The van der Waals surface area contributed by atoms with Crippen LogP contribution in [0.3, 0.4) is 0 Å². The predicted molar refractivity (Wildman–Crippen MR) is 98.6 cm³/mol. The molecule has 2 aromatic carbocycles. The molecule has 0 heterocycles. The summed E-state index contributed by atoms with van der Waals surface area (Å²) in [5, 5.41) is 25.3. The Hall–Kier alpha value is -3.37. The zero-order chi connectivity index (χ0) is 18.9. The highest BCUT2D eigenvalue weighted by Gasteiger charge is 2.15. The Morgan fingerprint density at radius 2 is 2.00 bits per heavy atom. The van der Waals surface area contributed by atoms with E-state index in [1.165, 1.54) is 18.3 Å². The summed E-state index contributed by atoms with van der Waals surface area (Å²) < 4.78 is 0. The number of nitriles is 1. The smallest absolute Gasteiger partial charge is 0.289 e. The Morgan fingerprint density at radius 3 is 2.65 bits per heavy atom. The van der Waals surface area contributed by atoms with Crippen molar-refractivity contribution in [2.24, 2.45) is 0 Å². The fourth-order valence-corrected chi connectivity index (χ4v) is 2.30. The van der Waals surface area contributed by atoms with E-state index in [1.54, 1.807) is 6.07 Å². The fraction of sp³-hybridized carbons (Fsp3) is 0.111. The van der Waals surface area contributed by atoms with Crippen LogP contribution in [0.15, 0.2) is 60.3 Å². The van der Waals surface area contributed by atoms with Gasteiger partial charge in [-0.15, -0.1) is 0 Å². The lowest BCUT2D eigenvalue weighted by molar-refractivity contribution is -0.384. The van der Waals surface area contributed by atoms with Crippen LogP contribution in [0.5, 0.6) is 0 Å². The van der Waals surface area contributed by atoms with E-state index in [1.807, 2.05) is 30.3 Å². The van der Waals surface area contributed by atoms with Gasteiger partial charge in [0.1, 0.15) is 16.7 Å². The Balaban J connectivity index is 1.97. The molecule has 0 atom stereocenters. The van der Waals surface area contributed by atoms with Crippen molar-refractivity contribution in [3.8, 4) is 6.07 Å². The molecule has 2 N–H and O–H groups in total. The topological polar surface area (TPSA) is 108 Å². The van der Waals surface area contributed by atoms with Gasteiger partial charge < -0.3 is 10.6 Å². The highest BCUT2D eigenvalue weighted by atomic mass is 35.5. The Bertz CT molecular complexity index is 876. The molecule has 0 aromatic heterocycles. The lowest BCUT2D eigenvalue weighted by atomic mass is 10.1. The number of halogens is 1. The Morgan fingerprint density at radius 1 is 1.27 bits per heavy atom. The van der Waals surface area contributed by atoms with Gasteiger partial charge >= 0.3 is 0 Å². The van der Waals surface area contributed by atoms with Gasteiger partial charge in [-0.05, 0) is 24.1 Å². The van der Waals surface area contributed by atoms with E-state index in [2.05, 4.69) is 10.6 Å². The van der Waals surface area contributed by atoms with Crippen LogP contribution >= 0.6 is 11.6 Å². The van der Waals surface area contributed by atoms with E-state index >= 15 is 0 Å². The molecule has 0 bridgehead atoms. The third-order valence-corrected chi connectivity index (χ3v) is 3.73. The third kappa shape index (κ3) is 5.33. The summed E-state index contributed by atoms with van der Waals surface area (Å²) in [6.07, 6.45) is 2.06. The molecule has 0 fully saturated rings. The summed E-state index contributed by atoms with van der Waals surface area (Å²) in [5.74, 6) is -0.670. The van der Waals surface area contributed by atoms with Crippen LogP contribution in [-0.2, 0) is 11.2 Å². The van der Waals surface area contributed by atoms with E-state index in [0.29, 0.717) is 6.54 Å². The molecule has 8 heteroatoms. The van der Waals surface area contributed by atoms with Crippen LogP contribution in [0.1, 0.15) is 5.56 Å². The lowest BCUT2D eigenvalue weighted by Gasteiger charge is -2.06. The summed E-state index contributed by atoms with van der Waals surface area (Å²) >= 11 is 5.72. The first kappa shape index (κ1) is 19.0. The first-order chi connectivity index (χ1) is 12.5. The maximum absolute atomic E-state index is 12.1. The standard InChI is InChI=1S/C18H15ClN4O3/c19-16-7-6-15(10-17(16)23(25)26)22-18(24)14(11-20)12-21-9-8-13-4-2-1-3-5-13/h1-7,10,12,21H,8-9H2,(H,22,24)/b14-12-. The molecule has 0 saturated heterocycles. The number of nitrogens with one attached hydrogen (secondary N) is 2. The van der Waals surface area contributed by atoms with E-state index in [4.69, 9.17) is 16.9 Å². The number of carbonyl (C=O) groups excluding carboxylic acids is 1. The first-order valence-electron chi connectivity index (χ1n) is 7.64. The van der Waals surface area contributed by atoms with Crippen molar-refractivity contribution in [3.63, 3.8) is 0 Å². The highest BCUT2D eigenvalue weighted by molar-refractivity contribution is 6.32. The minimum absolute atomic E-state index is 0.0355. The molecule has 0 spiro atoms. The molecule has 0 radical (unpaired) electrons. The quantitative estimate of drug-likeness (QED) is 0.255. The molecule has 1 amide bonds. The Labute approximate surface area is 155 Å². The molecule has 0 aliphatic heterocycles. The van der Waals surface area contributed by atoms with Crippen LogP contribution in [-0.4, -0.2) is 17.4 Å². The zero-order valence-electron chi connectivity index (χ0n) is 13.6. The lowest BCUT2D eigenvalue weighted by Crippen LogP contribution is -2.18. The van der Waals surface area contributed by atoms with Crippen molar-refractivity contribution in [2.75, 3.05) is 11.9 Å². The minimum Gasteiger partial charge on any atom is -0.389 e. The van der Waals surface area contributed by atoms with Crippen LogP contribution in [0, 0.1) is 21.4 Å². The molecule has 0 saturated carbocycles. The summed E-state index contributed by atoms with van der Waals surface area (Å²) in [6.45, 7) is 0.550. The number of amides is 1. The van der Waals surface area contributed by atoms with Gasteiger partial charge in [-0.25, -0.2) is 0 Å². The molecule has 132 valence electrons. The largest absolute Gasteiger partial charge is 0.389 e. The molecular weight excluding hydrogens is 356 g/mol. The minimum atomic E-state index is -0.670. The number of carbonyl (C=O) groups is 1. The maximum Gasteiger partial charge on any atom is 0.289 e. The monoisotopic (exact) mass is 370 g/mol. The van der Waals surface area contributed by atoms with Crippen molar-refractivity contribution < 1.29 is 9.72 Å². The number of anilines is 1. The number of nitrogens with zero attached hydrogens (tertiary/aromatic N) is 2. The number of hydrogen-bond donors (Lipinski definition) is 2. The maximum atomic E-state index is 12.1. The number of nitro groups is 1. The van der Waals surface area contributed by atoms with E-state index in [-0.39, 0.29) is 22.0 Å². The van der Waals surface area contributed by atoms with Gasteiger partial charge in [-0.1, -0.05) is 41.9 Å². The number of nitro benzene ring substituents is 1. The molecule has 2 rings (SSSR count). The van der Waals surface area contributed by atoms with Crippen molar-refractivity contribution >= 4 is 28.9 Å². The summed E-state index contributed by atoms with van der Waals surface area (Å²) in [6, 6.07) is 15.4. The van der Waals surface area contributed by atoms with Crippen LogP contribution < -0.4 is 10.6 Å². The first-order valence-corrected chi connectivity index (χ1v) is 8.02. The summed E-state index contributed by atoms with van der Waals surface area (Å²) in [5.41, 5.74) is 0.838. The van der Waals surface area contributed by atoms with Crippen molar-refractivity contribution in [1.29, 1.82) is 5.26 Å². The molecule has 2 aromatic rings. The SMILES string of the molecule is N#C/C(=C/NCCc1ccccc1)C(=O)Nc1ccc(Cl)c([N+](=O)[O-])c1. The van der Waals surface area contributed by atoms with E-state index < -0.39 is 10.8 Å². The van der Waals surface area contributed by atoms with Gasteiger partial charge in [0.05, 0.1) is 4.92 Å². The molecule has 26 heavy (non-hydrogen) atoms. The average molecular weight is 371 g/mol. The molecule has 0 aliphatic rings. The van der Waals surface area contributed by atoms with Crippen LogP contribution in [0.4, 0.5) is 11.4 Å². The van der Waals surface area contributed by atoms with Gasteiger partial charge in [0.15, 0.2) is 0 Å². The highest BCUT2D eigenvalue weighted by Crippen LogP contribution is 2.27. The fourth-order valence-electron chi connectivity index (χ4n) is 2.11. The number of hydrogen-bond acceptors (Lipinski definition) is 5. The molecule has 0 unspecified atom stereocenters. The van der Waals surface area contributed by atoms with Gasteiger partial charge in [0.25, 0.3) is 11.6 Å². The Kier molecular flexibility index (Phi) is 6.71. The van der Waals surface area contributed by atoms with Gasteiger partial charge in [0, 0.05) is 24.5 Å². The zero-order valence-corrected chi connectivity index (χ0v) is 14.4. The van der Waals surface area contributed by atoms with E-state index in [0.717, 1.165) is 18.1 Å².